The van der Waals surface area contributed by atoms with E-state index in [1.165, 1.54) is 11.8 Å². The van der Waals surface area contributed by atoms with Crippen molar-refractivity contribution in [3.63, 3.8) is 0 Å². The molecule has 26 heavy (non-hydrogen) atoms. The minimum atomic E-state index is -4.57. The first-order valence-corrected chi connectivity index (χ1v) is 7.93. The number of amidine groups is 1. The third-order valence-electron chi connectivity index (χ3n) is 4.14. The first-order chi connectivity index (χ1) is 12.1. The highest BCUT2D eigenvalue weighted by Crippen LogP contribution is 2.35. The summed E-state index contributed by atoms with van der Waals surface area (Å²) in [5, 5.41) is 2.37. The number of nitrogens with one attached hydrogen (secondary N) is 1. The molecule has 1 N–H and O–H groups in total. The molecule has 1 atom stereocenters. The number of amides is 2. The molecule has 2 amide bonds. The highest BCUT2D eigenvalue weighted by molar-refractivity contribution is 6.33. The third-order valence-corrected chi connectivity index (χ3v) is 4.47. The number of carbonyl (C=O) groups is 2. The van der Waals surface area contributed by atoms with Gasteiger partial charge in [-0.25, -0.2) is 0 Å². The quantitative estimate of drug-likeness (QED) is 0.845. The molecule has 2 aliphatic heterocycles. The number of fused-ring (bicyclic) bond motifs is 1. The second-order valence-electron chi connectivity index (χ2n) is 6.03. The number of alkyl halides is 3. The van der Waals surface area contributed by atoms with Crippen LogP contribution in [0.3, 0.4) is 0 Å². The molecule has 0 bridgehead atoms. The van der Waals surface area contributed by atoms with Gasteiger partial charge >= 0.3 is 6.18 Å². The van der Waals surface area contributed by atoms with Gasteiger partial charge in [-0.1, -0.05) is 17.7 Å². The van der Waals surface area contributed by atoms with Crippen LogP contribution in [-0.4, -0.2) is 28.1 Å². The summed E-state index contributed by atoms with van der Waals surface area (Å²) in [6.07, 6.45) is 1.68. The first kappa shape index (κ1) is 18.2. The smallest absolute Gasteiger partial charge is 0.323 e. The molecule has 2 aliphatic rings. The average molecular weight is 384 g/mol. The lowest BCUT2D eigenvalue weighted by atomic mass is 9.91. The van der Waals surface area contributed by atoms with Crippen molar-refractivity contribution in [2.24, 2.45) is 4.99 Å². The fourth-order valence-electron chi connectivity index (χ4n) is 2.73. The van der Waals surface area contributed by atoms with Crippen LogP contribution in [0, 0.1) is 0 Å². The van der Waals surface area contributed by atoms with E-state index in [-0.39, 0.29) is 23.0 Å². The normalized spacial score (nSPS) is 22.1. The van der Waals surface area contributed by atoms with E-state index in [1.54, 1.807) is 24.4 Å². The van der Waals surface area contributed by atoms with Crippen LogP contribution < -0.4 is 5.32 Å². The molecule has 1 unspecified atom stereocenters. The van der Waals surface area contributed by atoms with E-state index in [0.29, 0.717) is 0 Å². The van der Waals surface area contributed by atoms with Gasteiger partial charge in [0.2, 0.25) is 0 Å². The monoisotopic (exact) mass is 383 g/mol. The summed E-state index contributed by atoms with van der Waals surface area (Å²) in [4.78, 5) is 30.1. The molecule has 1 aromatic rings. The molecule has 3 rings (SSSR count). The van der Waals surface area contributed by atoms with E-state index in [9.17, 15) is 22.8 Å². The van der Waals surface area contributed by atoms with Crippen LogP contribution in [-0.2, 0) is 15.8 Å². The molecule has 2 heterocycles. The van der Waals surface area contributed by atoms with Gasteiger partial charge < -0.3 is 10.2 Å². The Morgan fingerprint density at radius 2 is 2.08 bits per heavy atom. The predicted molar refractivity (Wildman–Crippen MR) is 90.7 cm³/mol. The Morgan fingerprint density at radius 1 is 1.35 bits per heavy atom. The molecule has 0 aromatic heterocycles. The topological polar surface area (TPSA) is 61.8 Å². The molecular formula is C17H13ClF3N3O2. The van der Waals surface area contributed by atoms with E-state index >= 15 is 0 Å². The predicted octanol–water partition coefficient (Wildman–Crippen LogP) is 3.77. The lowest BCUT2D eigenvalue weighted by Crippen LogP contribution is -2.58. The maximum Gasteiger partial charge on any atom is 0.416 e. The molecule has 0 fully saturated rings. The van der Waals surface area contributed by atoms with Gasteiger partial charge in [0.15, 0.2) is 0 Å². The van der Waals surface area contributed by atoms with Crippen LogP contribution in [0.5, 0.6) is 0 Å². The lowest BCUT2D eigenvalue weighted by Gasteiger charge is -2.41. The molecule has 9 heteroatoms. The number of rotatable bonds is 2. The summed E-state index contributed by atoms with van der Waals surface area (Å²) in [5.41, 5.74) is -2.47. The molecule has 0 saturated heterocycles. The second kappa shape index (κ2) is 6.28. The number of anilines is 1. The van der Waals surface area contributed by atoms with Crippen LogP contribution in [0.15, 0.2) is 47.6 Å². The van der Waals surface area contributed by atoms with Crippen molar-refractivity contribution >= 4 is 34.9 Å². The summed E-state index contributed by atoms with van der Waals surface area (Å²) in [7, 11) is 0. The van der Waals surface area contributed by atoms with Gasteiger partial charge in [-0.3, -0.25) is 9.59 Å². The van der Waals surface area contributed by atoms with Crippen molar-refractivity contribution in [2.75, 3.05) is 5.32 Å². The van der Waals surface area contributed by atoms with Crippen LogP contribution in [0.4, 0.5) is 18.9 Å². The van der Waals surface area contributed by atoms with Crippen molar-refractivity contribution in [2.45, 2.75) is 25.1 Å². The molecule has 0 aliphatic carbocycles. The first-order valence-electron chi connectivity index (χ1n) is 7.55. The van der Waals surface area contributed by atoms with Crippen molar-refractivity contribution in [3.8, 4) is 0 Å². The molecule has 0 radical (unpaired) electrons. The van der Waals surface area contributed by atoms with Crippen molar-refractivity contribution in [3.05, 3.63) is 53.2 Å². The Labute approximate surface area is 151 Å². The van der Waals surface area contributed by atoms with Gasteiger partial charge in [0.05, 0.1) is 22.7 Å². The van der Waals surface area contributed by atoms with E-state index in [1.807, 2.05) is 0 Å². The Balaban J connectivity index is 1.93. The number of nitrogens with zero attached hydrogens (tertiary/aromatic N) is 2. The van der Waals surface area contributed by atoms with Gasteiger partial charge in [-0.05, 0) is 37.3 Å². The fraction of sp³-hybridized carbons (Fsp3) is 0.235. The van der Waals surface area contributed by atoms with Crippen molar-refractivity contribution in [1.29, 1.82) is 0 Å². The van der Waals surface area contributed by atoms with E-state index in [0.717, 1.165) is 18.2 Å². The maximum absolute atomic E-state index is 12.9. The van der Waals surface area contributed by atoms with Gasteiger partial charge in [0.25, 0.3) is 11.8 Å². The van der Waals surface area contributed by atoms with Gasteiger partial charge in [0, 0.05) is 6.20 Å². The summed E-state index contributed by atoms with van der Waals surface area (Å²) >= 11 is 5.93. The fourth-order valence-corrected chi connectivity index (χ4v) is 2.90. The Kier molecular flexibility index (Phi) is 4.39. The zero-order chi connectivity index (χ0) is 19.1. The maximum atomic E-state index is 12.9. The van der Waals surface area contributed by atoms with Crippen LogP contribution in [0.2, 0.25) is 5.02 Å². The number of hydrogen-bond donors (Lipinski definition) is 1. The molecule has 5 nitrogen and oxygen atoms in total. The van der Waals surface area contributed by atoms with Crippen molar-refractivity contribution in [1.82, 2.24) is 4.90 Å². The summed E-state index contributed by atoms with van der Waals surface area (Å²) in [6.45, 7) is 1.51. The molecule has 0 spiro atoms. The Hall–Kier alpha value is -2.61. The van der Waals surface area contributed by atoms with Crippen LogP contribution in [0.1, 0.15) is 18.9 Å². The summed E-state index contributed by atoms with van der Waals surface area (Å²) in [6, 6.07) is 2.65. The number of benzene rings is 1. The molecule has 136 valence electrons. The second-order valence-corrected chi connectivity index (χ2v) is 6.44. The van der Waals surface area contributed by atoms with E-state index in [2.05, 4.69) is 10.3 Å². The van der Waals surface area contributed by atoms with E-state index in [4.69, 9.17) is 11.6 Å². The number of carbonyl (C=O) groups excluding carboxylic acids is 2. The van der Waals surface area contributed by atoms with Gasteiger partial charge in [-0.2, -0.15) is 18.2 Å². The van der Waals surface area contributed by atoms with E-state index < -0.39 is 29.1 Å². The number of aliphatic imine (C=N–C) groups is 1. The lowest BCUT2D eigenvalue weighted by molar-refractivity contribution is -0.137. The standard InChI is InChI=1S/C17H13ClF3N3O2/c1-16(9-14(25)23-13-4-2-3-7-24(13)16)15(26)22-12-8-10(17(19,20)21)5-6-11(12)18/h2-8H,9H2,1H3,(H,22,26). The Morgan fingerprint density at radius 3 is 2.77 bits per heavy atom. The average Bonchev–Trinajstić information content (AvgIpc) is 2.55. The van der Waals surface area contributed by atoms with Crippen molar-refractivity contribution < 1.29 is 22.8 Å². The minimum absolute atomic E-state index is 0.0416. The number of allylic oxidation sites excluding steroid dienone is 2. The zero-order valence-electron chi connectivity index (χ0n) is 13.5. The highest BCUT2D eigenvalue weighted by atomic mass is 35.5. The summed E-state index contributed by atoms with van der Waals surface area (Å²) in [5.74, 6) is -0.875. The number of hydrogen-bond acceptors (Lipinski definition) is 3. The van der Waals surface area contributed by atoms with Gasteiger partial charge in [0.1, 0.15) is 11.4 Å². The van der Waals surface area contributed by atoms with Gasteiger partial charge in [-0.15, -0.1) is 0 Å². The summed E-state index contributed by atoms with van der Waals surface area (Å²) < 4.78 is 38.7. The third kappa shape index (κ3) is 3.24. The van der Waals surface area contributed by atoms with Crippen LogP contribution >= 0.6 is 11.6 Å². The number of halogens is 4. The molecular weight excluding hydrogens is 371 g/mol. The van der Waals surface area contributed by atoms with Crippen LogP contribution in [0.25, 0.3) is 0 Å². The molecule has 1 aromatic carbocycles. The minimum Gasteiger partial charge on any atom is -0.323 e. The Bertz CT molecular complexity index is 876. The highest BCUT2D eigenvalue weighted by Gasteiger charge is 2.45. The largest absolute Gasteiger partial charge is 0.416 e. The SMILES string of the molecule is CC1(C(=O)Nc2cc(C(F)(F)F)ccc2Cl)CC(=O)N=C2C=CC=CN21. The zero-order valence-corrected chi connectivity index (χ0v) is 14.2. The molecule has 0 saturated carbocycles.